The molecule has 1 heterocycles. The fourth-order valence-electron chi connectivity index (χ4n) is 2.72. The van der Waals surface area contributed by atoms with Crippen molar-refractivity contribution in [1.29, 1.82) is 0 Å². The molecule has 3 nitrogen and oxygen atoms in total. The van der Waals surface area contributed by atoms with E-state index >= 15 is 0 Å². The standard InChI is InChI=1S/C10H17NO2/c1-13-9(12)8-6-10(11-7-8)4-2-3-5-10/h8,11H,2-7H2,1H3. The van der Waals surface area contributed by atoms with Gasteiger partial charge in [-0.15, -0.1) is 0 Å². The molecule has 0 aromatic heterocycles. The van der Waals surface area contributed by atoms with Gasteiger partial charge < -0.3 is 10.1 Å². The first-order chi connectivity index (χ1) is 6.26. The van der Waals surface area contributed by atoms with Crippen LogP contribution in [0.4, 0.5) is 0 Å². The lowest BCUT2D eigenvalue weighted by Gasteiger charge is -2.22. The third kappa shape index (κ3) is 1.57. The maximum atomic E-state index is 11.3. The first-order valence-electron chi connectivity index (χ1n) is 5.09. The van der Waals surface area contributed by atoms with Crippen LogP contribution >= 0.6 is 0 Å². The van der Waals surface area contributed by atoms with Gasteiger partial charge in [-0.1, -0.05) is 12.8 Å². The first-order valence-corrected chi connectivity index (χ1v) is 5.09. The quantitative estimate of drug-likeness (QED) is 0.618. The van der Waals surface area contributed by atoms with E-state index in [9.17, 15) is 4.79 Å². The summed E-state index contributed by atoms with van der Waals surface area (Å²) >= 11 is 0. The molecule has 1 atom stereocenters. The molecule has 13 heavy (non-hydrogen) atoms. The van der Waals surface area contributed by atoms with Gasteiger partial charge in [0.05, 0.1) is 13.0 Å². The second kappa shape index (κ2) is 3.29. The third-order valence-corrected chi connectivity index (χ3v) is 3.46. The van der Waals surface area contributed by atoms with Crippen molar-refractivity contribution in [3.8, 4) is 0 Å². The van der Waals surface area contributed by atoms with Crippen molar-refractivity contribution in [3.63, 3.8) is 0 Å². The van der Waals surface area contributed by atoms with Gasteiger partial charge in [0, 0.05) is 12.1 Å². The van der Waals surface area contributed by atoms with Gasteiger partial charge in [0.1, 0.15) is 0 Å². The van der Waals surface area contributed by atoms with E-state index in [1.807, 2.05) is 0 Å². The molecular weight excluding hydrogens is 166 g/mol. The highest BCUT2D eigenvalue weighted by Crippen LogP contribution is 2.38. The molecule has 0 aromatic rings. The smallest absolute Gasteiger partial charge is 0.310 e. The van der Waals surface area contributed by atoms with Crippen LogP contribution in [0.3, 0.4) is 0 Å². The summed E-state index contributed by atoms with van der Waals surface area (Å²) in [5.74, 6) is 0.0550. The molecule has 1 saturated carbocycles. The molecule has 0 amide bonds. The van der Waals surface area contributed by atoms with Crippen molar-refractivity contribution in [3.05, 3.63) is 0 Å². The lowest BCUT2D eigenvalue weighted by atomic mass is 9.91. The van der Waals surface area contributed by atoms with E-state index in [1.165, 1.54) is 32.8 Å². The summed E-state index contributed by atoms with van der Waals surface area (Å²) < 4.78 is 4.76. The summed E-state index contributed by atoms with van der Waals surface area (Å²) in [6.45, 7) is 0.812. The van der Waals surface area contributed by atoms with Gasteiger partial charge >= 0.3 is 5.97 Å². The molecule has 0 radical (unpaired) electrons. The Balaban J connectivity index is 1.96. The van der Waals surface area contributed by atoms with E-state index in [-0.39, 0.29) is 11.9 Å². The van der Waals surface area contributed by atoms with Crippen LogP contribution in [-0.4, -0.2) is 25.2 Å². The number of carbonyl (C=O) groups is 1. The third-order valence-electron chi connectivity index (χ3n) is 3.46. The van der Waals surface area contributed by atoms with Crippen molar-refractivity contribution >= 4 is 5.97 Å². The normalized spacial score (nSPS) is 31.0. The van der Waals surface area contributed by atoms with Crippen LogP contribution in [0.1, 0.15) is 32.1 Å². The average Bonchev–Trinajstić information content (AvgIpc) is 2.76. The number of hydrogen-bond donors (Lipinski definition) is 1. The summed E-state index contributed by atoms with van der Waals surface area (Å²) in [4.78, 5) is 11.3. The van der Waals surface area contributed by atoms with Gasteiger partial charge in [0.15, 0.2) is 0 Å². The predicted molar refractivity (Wildman–Crippen MR) is 49.3 cm³/mol. The minimum Gasteiger partial charge on any atom is -0.469 e. The fourth-order valence-corrected chi connectivity index (χ4v) is 2.72. The highest BCUT2D eigenvalue weighted by atomic mass is 16.5. The zero-order valence-electron chi connectivity index (χ0n) is 8.14. The van der Waals surface area contributed by atoms with Crippen LogP contribution in [0.15, 0.2) is 0 Å². The Kier molecular flexibility index (Phi) is 2.28. The van der Waals surface area contributed by atoms with Crippen LogP contribution in [-0.2, 0) is 9.53 Å². The maximum Gasteiger partial charge on any atom is 0.310 e. The Morgan fingerprint density at radius 1 is 1.46 bits per heavy atom. The molecule has 2 fully saturated rings. The topological polar surface area (TPSA) is 38.3 Å². The van der Waals surface area contributed by atoms with Gasteiger partial charge in [-0.25, -0.2) is 0 Å². The number of hydrogen-bond acceptors (Lipinski definition) is 3. The monoisotopic (exact) mass is 183 g/mol. The van der Waals surface area contributed by atoms with Crippen LogP contribution in [0, 0.1) is 5.92 Å². The molecule has 1 aliphatic carbocycles. The SMILES string of the molecule is COC(=O)C1CNC2(CCCC2)C1. The zero-order valence-corrected chi connectivity index (χ0v) is 8.14. The van der Waals surface area contributed by atoms with Crippen molar-refractivity contribution in [2.24, 2.45) is 5.92 Å². The maximum absolute atomic E-state index is 11.3. The summed E-state index contributed by atoms with van der Waals surface area (Å²) in [7, 11) is 1.47. The Bertz CT molecular complexity index is 209. The van der Waals surface area contributed by atoms with Crippen molar-refractivity contribution in [2.45, 2.75) is 37.6 Å². The van der Waals surface area contributed by atoms with E-state index in [4.69, 9.17) is 4.74 Å². The molecule has 1 spiro atoms. The number of nitrogens with one attached hydrogen (secondary N) is 1. The summed E-state index contributed by atoms with van der Waals surface area (Å²) in [6, 6.07) is 0. The highest BCUT2D eigenvalue weighted by Gasteiger charge is 2.43. The number of carbonyl (C=O) groups excluding carboxylic acids is 1. The van der Waals surface area contributed by atoms with Gasteiger partial charge in [0.2, 0.25) is 0 Å². The molecule has 3 heteroatoms. The second-order valence-corrected chi connectivity index (χ2v) is 4.29. The van der Waals surface area contributed by atoms with E-state index < -0.39 is 0 Å². The molecule has 2 rings (SSSR count). The second-order valence-electron chi connectivity index (χ2n) is 4.29. The van der Waals surface area contributed by atoms with Crippen LogP contribution in [0.2, 0.25) is 0 Å². The van der Waals surface area contributed by atoms with Gasteiger partial charge in [0.25, 0.3) is 0 Å². The molecule has 0 aromatic carbocycles. The van der Waals surface area contributed by atoms with E-state index in [2.05, 4.69) is 5.32 Å². The van der Waals surface area contributed by atoms with Gasteiger partial charge in [-0.2, -0.15) is 0 Å². The summed E-state index contributed by atoms with van der Waals surface area (Å²) in [5.41, 5.74) is 0.291. The van der Waals surface area contributed by atoms with E-state index in [0.29, 0.717) is 5.54 Å². The fraction of sp³-hybridized carbons (Fsp3) is 0.900. The van der Waals surface area contributed by atoms with Crippen LogP contribution in [0.5, 0.6) is 0 Å². The predicted octanol–water partition coefficient (Wildman–Crippen LogP) is 1.08. The van der Waals surface area contributed by atoms with Gasteiger partial charge in [-0.05, 0) is 19.3 Å². The molecule has 1 N–H and O–H groups in total. The first kappa shape index (κ1) is 9.00. The Labute approximate surface area is 78.8 Å². The molecule has 1 aliphatic heterocycles. The zero-order chi connectivity index (χ0) is 9.31. The lowest BCUT2D eigenvalue weighted by molar-refractivity contribution is -0.144. The van der Waals surface area contributed by atoms with E-state index in [0.717, 1.165) is 13.0 Å². The summed E-state index contributed by atoms with van der Waals surface area (Å²) in [5, 5.41) is 3.50. The molecular formula is C10H17NO2. The van der Waals surface area contributed by atoms with Crippen LogP contribution in [0.25, 0.3) is 0 Å². The largest absolute Gasteiger partial charge is 0.469 e. The minimum absolute atomic E-state index is 0.0451. The number of ether oxygens (including phenoxy) is 1. The average molecular weight is 183 g/mol. The summed E-state index contributed by atoms with van der Waals surface area (Å²) in [6.07, 6.45) is 6.07. The molecule has 0 bridgehead atoms. The lowest BCUT2D eigenvalue weighted by Crippen LogP contribution is -2.35. The Morgan fingerprint density at radius 3 is 2.77 bits per heavy atom. The number of methoxy groups -OCH3 is 1. The molecule has 1 unspecified atom stereocenters. The number of rotatable bonds is 1. The van der Waals surface area contributed by atoms with Crippen molar-refractivity contribution in [1.82, 2.24) is 5.32 Å². The van der Waals surface area contributed by atoms with Gasteiger partial charge in [-0.3, -0.25) is 4.79 Å². The Morgan fingerprint density at radius 2 is 2.15 bits per heavy atom. The molecule has 1 saturated heterocycles. The highest BCUT2D eigenvalue weighted by molar-refractivity contribution is 5.73. The molecule has 74 valence electrons. The number of esters is 1. The van der Waals surface area contributed by atoms with Crippen molar-refractivity contribution in [2.75, 3.05) is 13.7 Å². The van der Waals surface area contributed by atoms with E-state index in [1.54, 1.807) is 0 Å². The van der Waals surface area contributed by atoms with Crippen LogP contribution < -0.4 is 5.32 Å². The Hall–Kier alpha value is -0.570. The molecule has 2 aliphatic rings. The minimum atomic E-state index is -0.0451. The van der Waals surface area contributed by atoms with Crippen molar-refractivity contribution < 1.29 is 9.53 Å².